The number of nitrogens with one attached hydrogen (secondary N) is 2. The van der Waals surface area contributed by atoms with Crippen molar-refractivity contribution in [3.8, 4) is 0 Å². The number of methoxy groups -OCH3 is 1. The van der Waals surface area contributed by atoms with Gasteiger partial charge in [-0.1, -0.05) is 37.1 Å². The van der Waals surface area contributed by atoms with Crippen LogP contribution in [0.25, 0.3) is 0 Å². The zero-order valence-corrected chi connectivity index (χ0v) is 18.6. The number of guanidine groups is 1. The van der Waals surface area contributed by atoms with Crippen LogP contribution in [0.1, 0.15) is 43.7 Å². The van der Waals surface area contributed by atoms with Gasteiger partial charge in [0.1, 0.15) is 0 Å². The summed E-state index contributed by atoms with van der Waals surface area (Å²) in [6.07, 6.45) is 5.46. The molecule has 0 bridgehead atoms. The van der Waals surface area contributed by atoms with Gasteiger partial charge in [0.15, 0.2) is 5.96 Å². The van der Waals surface area contributed by atoms with E-state index in [9.17, 15) is 0 Å². The Morgan fingerprint density at radius 3 is 2.31 bits per heavy atom. The van der Waals surface area contributed by atoms with E-state index in [0.29, 0.717) is 13.2 Å². The summed E-state index contributed by atoms with van der Waals surface area (Å²) >= 11 is 0. The summed E-state index contributed by atoms with van der Waals surface area (Å²) in [5, 5.41) is 6.53. The lowest BCUT2D eigenvalue weighted by Crippen LogP contribution is -2.38. The highest BCUT2D eigenvalue weighted by atomic mass is 127. The Bertz CT molecular complexity index is 499. The van der Waals surface area contributed by atoms with E-state index < -0.39 is 0 Å². The summed E-state index contributed by atoms with van der Waals surface area (Å²) < 4.78 is 5.07. The predicted molar refractivity (Wildman–Crippen MR) is 120 cm³/mol. The van der Waals surface area contributed by atoms with Crippen molar-refractivity contribution in [1.82, 2.24) is 15.5 Å². The summed E-state index contributed by atoms with van der Waals surface area (Å²) in [5.74, 6) is 0.841. The zero-order valence-electron chi connectivity index (χ0n) is 16.3. The largest absolute Gasteiger partial charge is 0.383 e. The van der Waals surface area contributed by atoms with Crippen molar-refractivity contribution in [1.29, 1.82) is 0 Å². The Hall–Kier alpha value is -0.860. The number of hydrogen-bond acceptors (Lipinski definition) is 3. The fourth-order valence-electron chi connectivity index (χ4n) is 3.09. The topological polar surface area (TPSA) is 48.9 Å². The van der Waals surface area contributed by atoms with E-state index in [1.165, 1.54) is 49.9 Å². The average Bonchev–Trinajstić information content (AvgIpc) is 2.90. The molecule has 0 unspecified atom stereocenters. The summed E-state index contributed by atoms with van der Waals surface area (Å²) in [7, 11) is 1.71. The van der Waals surface area contributed by atoms with Crippen LogP contribution in [0.5, 0.6) is 0 Å². The Morgan fingerprint density at radius 2 is 1.69 bits per heavy atom. The molecule has 1 aliphatic rings. The monoisotopic (exact) mass is 474 g/mol. The fraction of sp³-hybridized carbons (Fsp3) is 0.650. The molecule has 1 fully saturated rings. The number of likely N-dealkylation sites (tertiary alicyclic amines) is 1. The molecular weight excluding hydrogens is 439 g/mol. The Morgan fingerprint density at radius 1 is 1.04 bits per heavy atom. The molecule has 26 heavy (non-hydrogen) atoms. The minimum Gasteiger partial charge on any atom is -0.383 e. The maximum atomic E-state index is 5.07. The highest BCUT2D eigenvalue weighted by Gasteiger charge is 2.09. The molecule has 1 aliphatic heterocycles. The van der Waals surface area contributed by atoms with Gasteiger partial charge in [0.25, 0.3) is 0 Å². The first kappa shape index (κ1) is 23.2. The second kappa shape index (κ2) is 14.2. The average molecular weight is 474 g/mol. The van der Waals surface area contributed by atoms with Gasteiger partial charge in [0, 0.05) is 26.7 Å². The molecule has 2 N–H and O–H groups in total. The van der Waals surface area contributed by atoms with Gasteiger partial charge in [-0.15, -0.1) is 24.0 Å². The molecule has 1 aromatic rings. The minimum atomic E-state index is 0. The highest BCUT2D eigenvalue weighted by Crippen LogP contribution is 2.14. The Balaban J connectivity index is 0.00000338. The first-order valence-corrected chi connectivity index (χ1v) is 9.63. The van der Waals surface area contributed by atoms with Crippen LogP contribution in [0.3, 0.4) is 0 Å². The SMILES string of the molecule is CCNC(=NCc1ccc(CN2CCCCCC2)cc1)NCCOC.I. The lowest BCUT2D eigenvalue weighted by atomic mass is 10.1. The summed E-state index contributed by atoms with van der Waals surface area (Å²) in [6, 6.07) is 8.91. The molecule has 1 aromatic carbocycles. The van der Waals surface area contributed by atoms with E-state index in [-0.39, 0.29) is 24.0 Å². The Kier molecular flexibility index (Phi) is 12.7. The van der Waals surface area contributed by atoms with Crippen molar-refractivity contribution in [3.63, 3.8) is 0 Å². The zero-order chi connectivity index (χ0) is 17.7. The number of rotatable bonds is 8. The molecule has 0 saturated carbocycles. The lowest BCUT2D eigenvalue weighted by molar-refractivity contribution is 0.203. The molecule has 0 spiro atoms. The van der Waals surface area contributed by atoms with E-state index in [0.717, 1.165) is 25.6 Å². The molecule has 0 radical (unpaired) electrons. The van der Waals surface area contributed by atoms with E-state index in [1.54, 1.807) is 7.11 Å². The maximum absolute atomic E-state index is 5.07. The van der Waals surface area contributed by atoms with Crippen molar-refractivity contribution >= 4 is 29.9 Å². The lowest BCUT2D eigenvalue weighted by Gasteiger charge is -2.19. The fourth-order valence-corrected chi connectivity index (χ4v) is 3.09. The normalized spacial score (nSPS) is 15.8. The van der Waals surface area contributed by atoms with Gasteiger partial charge in [-0.05, 0) is 44.0 Å². The number of aliphatic imine (C=N–C) groups is 1. The molecule has 6 heteroatoms. The number of nitrogens with zero attached hydrogens (tertiary/aromatic N) is 2. The van der Waals surface area contributed by atoms with Crippen LogP contribution in [-0.2, 0) is 17.8 Å². The van der Waals surface area contributed by atoms with Gasteiger partial charge in [-0.3, -0.25) is 4.90 Å². The smallest absolute Gasteiger partial charge is 0.191 e. The van der Waals surface area contributed by atoms with Crippen LogP contribution >= 0.6 is 24.0 Å². The van der Waals surface area contributed by atoms with Crippen molar-refractivity contribution in [2.45, 2.75) is 45.7 Å². The number of halogens is 1. The van der Waals surface area contributed by atoms with Crippen molar-refractivity contribution in [3.05, 3.63) is 35.4 Å². The van der Waals surface area contributed by atoms with Crippen LogP contribution < -0.4 is 10.6 Å². The van der Waals surface area contributed by atoms with Crippen LogP contribution in [0.4, 0.5) is 0 Å². The maximum Gasteiger partial charge on any atom is 0.191 e. The molecule has 148 valence electrons. The second-order valence-electron chi connectivity index (χ2n) is 6.62. The summed E-state index contributed by atoms with van der Waals surface area (Å²) in [5.41, 5.74) is 2.64. The summed E-state index contributed by atoms with van der Waals surface area (Å²) in [4.78, 5) is 7.23. The molecule has 2 rings (SSSR count). The first-order chi connectivity index (χ1) is 12.3. The van der Waals surface area contributed by atoms with Gasteiger partial charge in [0.05, 0.1) is 13.2 Å². The van der Waals surface area contributed by atoms with Crippen molar-refractivity contribution in [2.24, 2.45) is 4.99 Å². The molecule has 5 nitrogen and oxygen atoms in total. The minimum absolute atomic E-state index is 0. The quantitative estimate of drug-likeness (QED) is 0.263. The number of benzene rings is 1. The predicted octanol–water partition coefficient (Wildman–Crippen LogP) is 3.38. The van der Waals surface area contributed by atoms with E-state index in [1.807, 2.05) is 0 Å². The number of hydrogen-bond donors (Lipinski definition) is 2. The van der Waals surface area contributed by atoms with Gasteiger partial charge in [-0.25, -0.2) is 4.99 Å². The van der Waals surface area contributed by atoms with Crippen LogP contribution in [-0.4, -0.2) is 50.8 Å². The molecule has 0 aliphatic carbocycles. The van der Waals surface area contributed by atoms with E-state index in [4.69, 9.17) is 4.74 Å². The number of ether oxygens (including phenoxy) is 1. The molecule has 1 heterocycles. The third-order valence-electron chi connectivity index (χ3n) is 4.49. The van der Waals surface area contributed by atoms with Crippen molar-refractivity contribution in [2.75, 3.05) is 39.9 Å². The van der Waals surface area contributed by atoms with Gasteiger partial charge in [-0.2, -0.15) is 0 Å². The van der Waals surface area contributed by atoms with E-state index in [2.05, 4.69) is 51.7 Å². The molecule has 1 saturated heterocycles. The van der Waals surface area contributed by atoms with Gasteiger partial charge in [0.2, 0.25) is 0 Å². The second-order valence-corrected chi connectivity index (χ2v) is 6.62. The molecule has 0 atom stereocenters. The van der Waals surface area contributed by atoms with Crippen LogP contribution in [0.15, 0.2) is 29.3 Å². The third kappa shape index (κ3) is 9.19. The molecule has 0 amide bonds. The van der Waals surface area contributed by atoms with E-state index >= 15 is 0 Å². The first-order valence-electron chi connectivity index (χ1n) is 9.63. The third-order valence-corrected chi connectivity index (χ3v) is 4.49. The van der Waals surface area contributed by atoms with Crippen LogP contribution in [0.2, 0.25) is 0 Å². The molecule has 0 aromatic heterocycles. The Labute approximate surface area is 176 Å². The standard InChI is InChI=1S/C20H34N4O.HI/c1-3-21-20(22-12-15-25-2)23-16-18-8-10-19(11-9-18)17-24-13-6-4-5-7-14-24;/h8-11H,3-7,12-17H2,1-2H3,(H2,21,22,23);1H. The van der Waals surface area contributed by atoms with Crippen molar-refractivity contribution < 1.29 is 4.74 Å². The van der Waals surface area contributed by atoms with Gasteiger partial charge >= 0.3 is 0 Å². The summed E-state index contributed by atoms with van der Waals surface area (Å²) in [6.45, 7) is 8.61. The molecular formula is C20H35IN4O. The van der Waals surface area contributed by atoms with Gasteiger partial charge < -0.3 is 15.4 Å². The highest BCUT2D eigenvalue weighted by molar-refractivity contribution is 14.0. The van der Waals surface area contributed by atoms with Crippen LogP contribution in [0, 0.1) is 0 Å².